The molecule has 0 unspecified atom stereocenters. The Morgan fingerprint density at radius 3 is 2.71 bits per heavy atom. The van der Waals surface area contributed by atoms with E-state index < -0.39 is 0 Å². The minimum Gasteiger partial charge on any atom is -0.348 e. The van der Waals surface area contributed by atoms with Crippen molar-refractivity contribution in [1.29, 1.82) is 0 Å². The number of hydrogen-bond donors (Lipinski definition) is 2. The van der Waals surface area contributed by atoms with Crippen molar-refractivity contribution < 1.29 is 0 Å². The summed E-state index contributed by atoms with van der Waals surface area (Å²) in [6.45, 7) is 7.88. The van der Waals surface area contributed by atoms with Gasteiger partial charge in [-0.1, -0.05) is 13.8 Å². The molecule has 0 radical (unpaired) electrons. The van der Waals surface area contributed by atoms with Crippen LogP contribution in [0.4, 0.5) is 5.13 Å². The van der Waals surface area contributed by atoms with Crippen LogP contribution in [0.1, 0.15) is 26.7 Å². The van der Waals surface area contributed by atoms with Gasteiger partial charge in [0.2, 0.25) is 0 Å². The summed E-state index contributed by atoms with van der Waals surface area (Å²) in [6, 6.07) is 0.643. The Kier molecular flexibility index (Phi) is 7.16. The first-order valence-corrected chi connectivity index (χ1v) is 7.36. The molecule has 0 saturated carbocycles. The minimum atomic E-state index is 0.643. The number of nitrogens with one attached hydrogen (secondary N) is 1. The highest BCUT2D eigenvalue weighted by molar-refractivity contribution is 7.13. The summed E-state index contributed by atoms with van der Waals surface area (Å²) in [4.78, 5) is 6.70. The Balaban J connectivity index is 0.000000686. The van der Waals surface area contributed by atoms with E-state index >= 15 is 0 Å². The van der Waals surface area contributed by atoms with Crippen LogP contribution < -0.4 is 16.0 Å². The predicted octanol–water partition coefficient (Wildman–Crippen LogP) is 1.69. The number of nitrogens with two attached hydrogens (primary N) is 1. The van der Waals surface area contributed by atoms with Crippen molar-refractivity contribution in [1.82, 2.24) is 10.3 Å². The quantitative estimate of drug-likeness (QED) is 0.861. The summed E-state index contributed by atoms with van der Waals surface area (Å²) < 4.78 is 0. The van der Waals surface area contributed by atoms with Crippen LogP contribution in [-0.4, -0.2) is 37.2 Å². The SMILES string of the molecule is CC.NCCNC1CCN(c2nccs2)CC1. The Morgan fingerprint density at radius 2 is 2.18 bits per heavy atom. The number of hydrogen-bond acceptors (Lipinski definition) is 5. The molecule has 0 bridgehead atoms. The molecule has 4 nitrogen and oxygen atoms in total. The van der Waals surface area contributed by atoms with E-state index in [2.05, 4.69) is 15.2 Å². The van der Waals surface area contributed by atoms with Crippen molar-refractivity contribution in [2.45, 2.75) is 32.7 Å². The third kappa shape index (κ3) is 4.61. The number of piperidine rings is 1. The van der Waals surface area contributed by atoms with Crippen LogP contribution in [0.3, 0.4) is 0 Å². The van der Waals surface area contributed by atoms with Gasteiger partial charge in [0, 0.05) is 43.8 Å². The summed E-state index contributed by atoms with van der Waals surface area (Å²) in [7, 11) is 0. The lowest BCUT2D eigenvalue weighted by atomic mass is 10.1. The molecule has 2 rings (SSSR count). The first-order chi connectivity index (χ1) is 8.40. The molecule has 1 aromatic heterocycles. The highest BCUT2D eigenvalue weighted by Gasteiger charge is 2.19. The van der Waals surface area contributed by atoms with Crippen molar-refractivity contribution >= 4 is 16.5 Å². The van der Waals surface area contributed by atoms with Gasteiger partial charge in [0.05, 0.1) is 0 Å². The summed E-state index contributed by atoms with van der Waals surface area (Å²) in [5.74, 6) is 0. The highest BCUT2D eigenvalue weighted by atomic mass is 32.1. The summed E-state index contributed by atoms with van der Waals surface area (Å²) in [6.07, 6.45) is 4.26. The van der Waals surface area contributed by atoms with E-state index in [4.69, 9.17) is 5.73 Å². The molecule has 0 spiro atoms. The third-order valence-electron chi connectivity index (χ3n) is 2.76. The van der Waals surface area contributed by atoms with Gasteiger partial charge in [-0.3, -0.25) is 0 Å². The standard InChI is InChI=1S/C10H18N4S.C2H6/c11-3-4-12-9-1-6-14(7-2-9)10-13-5-8-15-10;1-2/h5,8-9,12H,1-4,6-7,11H2;1-2H3. The maximum absolute atomic E-state index is 5.47. The molecule has 0 aromatic carbocycles. The van der Waals surface area contributed by atoms with Crippen LogP contribution in [0.15, 0.2) is 11.6 Å². The van der Waals surface area contributed by atoms with Gasteiger partial charge in [-0.05, 0) is 12.8 Å². The Labute approximate surface area is 108 Å². The fraction of sp³-hybridized carbons (Fsp3) is 0.750. The first-order valence-electron chi connectivity index (χ1n) is 6.48. The van der Waals surface area contributed by atoms with Gasteiger partial charge in [-0.15, -0.1) is 11.3 Å². The van der Waals surface area contributed by atoms with Crippen molar-refractivity contribution in [3.8, 4) is 0 Å². The average molecular weight is 256 g/mol. The number of rotatable bonds is 4. The zero-order valence-electron chi connectivity index (χ0n) is 10.9. The number of nitrogens with zero attached hydrogens (tertiary/aromatic N) is 2. The molecule has 1 aromatic rings. The predicted molar refractivity (Wildman–Crippen MR) is 75.8 cm³/mol. The smallest absolute Gasteiger partial charge is 0.185 e. The van der Waals surface area contributed by atoms with Gasteiger partial charge in [0.15, 0.2) is 5.13 Å². The molecule has 0 aliphatic carbocycles. The van der Waals surface area contributed by atoms with E-state index in [1.807, 2.05) is 25.4 Å². The van der Waals surface area contributed by atoms with Gasteiger partial charge in [-0.25, -0.2) is 4.98 Å². The van der Waals surface area contributed by atoms with Gasteiger partial charge < -0.3 is 16.0 Å². The van der Waals surface area contributed by atoms with Crippen LogP contribution in [0.25, 0.3) is 0 Å². The lowest BCUT2D eigenvalue weighted by Crippen LogP contribution is -2.43. The molecule has 5 heteroatoms. The van der Waals surface area contributed by atoms with Gasteiger partial charge in [-0.2, -0.15) is 0 Å². The van der Waals surface area contributed by atoms with Crippen molar-refractivity contribution in [3.05, 3.63) is 11.6 Å². The fourth-order valence-corrected chi connectivity index (χ4v) is 2.63. The first kappa shape index (κ1) is 14.4. The maximum atomic E-state index is 5.47. The molecule has 0 amide bonds. The molecule has 1 saturated heterocycles. The molecule has 1 aliphatic rings. The number of aromatic nitrogens is 1. The van der Waals surface area contributed by atoms with Gasteiger partial charge in [0.1, 0.15) is 0 Å². The van der Waals surface area contributed by atoms with Crippen LogP contribution in [0.5, 0.6) is 0 Å². The van der Waals surface area contributed by atoms with E-state index in [1.54, 1.807) is 11.3 Å². The minimum absolute atomic E-state index is 0.643. The largest absolute Gasteiger partial charge is 0.348 e. The van der Waals surface area contributed by atoms with Crippen LogP contribution in [0, 0.1) is 0 Å². The topological polar surface area (TPSA) is 54.2 Å². The Bertz CT molecular complexity index is 268. The van der Waals surface area contributed by atoms with Crippen LogP contribution >= 0.6 is 11.3 Å². The zero-order valence-corrected chi connectivity index (χ0v) is 11.7. The number of anilines is 1. The van der Waals surface area contributed by atoms with Crippen LogP contribution in [0.2, 0.25) is 0 Å². The summed E-state index contributed by atoms with van der Waals surface area (Å²) in [5.41, 5.74) is 5.47. The van der Waals surface area contributed by atoms with E-state index in [1.165, 1.54) is 12.8 Å². The van der Waals surface area contributed by atoms with Gasteiger partial charge >= 0.3 is 0 Å². The van der Waals surface area contributed by atoms with Crippen molar-refractivity contribution in [2.24, 2.45) is 5.73 Å². The van der Waals surface area contributed by atoms with Gasteiger partial charge in [0.25, 0.3) is 0 Å². The Morgan fingerprint density at radius 1 is 1.47 bits per heavy atom. The molecule has 1 fully saturated rings. The lowest BCUT2D eigenvalue weighted by molar-refractivity contribution is 0.419. The second kappa shape index (κ2) is 8.44. The third-order valence-corrected chi connectivity index (χ3v) is 3.59. The molecule has 3 N–H and O–H groups in total. The van der Waals surface area contributed by atoms with E-state index in [0.29, 0.717) is 6.04 Å². The number of thiazole rings is 1. The summed E-state index contributed by atoms with van der Waals surface area (Å²) in [5, 5.41) is 6.66. The van der Waals surface area contributed by atoms with E-state index in [9.17, 15) is 0 Å². The molecule has 1 aliphatic heterocycles. The zero-order chi connectivity index (χ0) is 12.5. The molecular formula is C12H24N4S. The normalized spacial score (nSPS) is 16.5. The molecule has 17 heavy (non-hydrogen) atoms. The van der Waals surface area contributed by atoms with E-state index in [-0.39, 0.29) is 0 Å². The maximum Gasteiger partial charge on any atom is 0.185 e. The average Bonchev–Trinajstić information content (AvgIpc) is 2.93. The monoisotopic (exact) mass is 256 g/mol. The van der Waals surface area contributed by atoms with Crippen molar-refractivity contribution in [3.63, 3.8) is 0 Å². The summed E-state index contributed by atoms with van der Waals surface area (Å²) >= 11 is 1.72. The molecular weight excluding hydrogens is 232 g/mol. The highest BCUT2D eigenvalue weighted by Crippen LogP contribution is 2.21. The van der Waals surface area contributed by atoms with Crippen LogP contribution in [-0.2, 0) is 0 Å². The Hall–Kier alpha value is -0.650. The van der Waals surface area contributed by atoms with E-state index in [0.717, 1.165) is 31.3 Å². The fourth-order valence-electron chi connectivity index (χ4n) is 1.93. The van der Waals surface area contributed by atoms with Crippen molar-refractivity contribution in [2.75, 3.05) is 31.1 Å². The lowest BCUT2D eigenvalue weighted by Gasteiger charge is -2.32. The molecule has 2 heterocycles. The second-order valence-corrected chi connectivity index (χ2v) is 4.69. The molecule has 98 valence electrons. The second-order valence-electron chi connectivity index (χ2n) is 3.82. The molecule has 0 atom stereocenters.